The van der Waals surface area contributed by atoms with Crippen LogP contribution in [0.1, 0.15) is 6.92 Å². The van der Waals surface area contributed by atoms with Crippen LogP contribution in [-0.4, -0.2) is 9.45 Å². The quantitative estimate of drug-likeness (QED) is 0.281. The Bertz CT molecular complexity index is 6.00. The van der Waals surface area contributed by atoms with Crippen LogP contribution in [0.25, 0.3) is 0 Å². The van der Waals surface area contributed by atoms with Crippen molar-refractivity contribution in [3.8, 4) is 0 Å². The van der Waals surface area contributed by atoms with E-state index in [1.54, 1.807) is 0 Å². The molecular weight excluding hydrogens is 68.5 g/mol. The molecule has 0 aromatic heterocycles. The van der Waals surface area contributed by atoms with Crippen molar-refractivity contribution in [1.29, 1.82) is 0 Å². The van der Waals surface area contributed by atoms with Crippen molar-refractivity contribution in [1.82, 2.24) is 0 Å². The fourth-order valence-electron chi connectivity index (χ4n) is 0. The van der Waals surface area contributed by atoms with Gasteiger partial charge in [-0.3, -0.25) is 0 Å². The normalized spacial score (nSPS) is 4.75. The van der Waals surface area contributed by atoms with E-state index in [0.717, 1.165) is 6.14 Å². The van der Waals surface area contributed by atoms with E-state index in [2.05, 4.69) is 9.45 Å². The first-order valence-corrected chi connectivity index (χ1v) is 1.21. The predicted octanol–water partition coefficient (Wildman–Crippen LogP) is -2.40. The number of hydrogen-bond acceptors (Lipinski definition) is 0. The predicted molar refractivity (Wildman–Crippen MR) is 16.2 cm³/mol. The summed E-state index contributed by atoms with van der Waals surface area (Å²) >= 11 is 0. The van der Waals surface area contributed by atoms with E-state index in [4.69, 9.17) is 0 Å². The Labute approximate surface area is 35.8 Å². The van der Waals surface area contributed by atoms with Crippen molar-refractivity contribution in [2.24, 2.45) is 0 Å². The van der Waals surface area contributed by atoms with Crippen molar-refractivity contribution in [2.75, 3.05) is 0 Å². The van der Waals surface area contributed by atoms with E-state index in [1.165, 1.54) is 0 Å². The molecule has 0 amide bonds. The second kappa shape index (κ2) is 9.83. The van der Waals surface area contributed by atoms with Gasteiger partial charge >= 0.3 is 22.5 Å². The molecule has 0 aliphatic heterocycles. The van der Waals surface area contributed by atoms with Gasteiger partial charge in [0.25, 0.3) is 0 Å². The molecule has 22 valence electrons. The molecule has 0 bridgehead atoms. The van der Waals surface area contributed by atoms with Crippen molar-refractivity contribution < 1.29 is 12.4 Å². The third-order valence-electron chi connectivity index (χ3n) is 0. The SMILES string of the molecule is [Be+][CH2]C.[Cl-]. The summed E-state index contributed by atoms with van der Waals surface area (Å²) in [6.07, 6.45) is 1.00. The number of hydrogen-bond donors (Lipinski definition) is 0. The average molecular weight is 73.5 g/mol. The summed E-state index contributed by atoms with van der Waals surface area (Å²) in [5.74, 6) is 0. The minimum Gasteiger partial charge on any atom is -1.00 e. The maximum atomic E-state index is 3.49. The van der Waals surface area contributed by atoms with Gasteiger partial charge in [-0.25, -0.2) is 0 Å². The first-order chi connectivity index (χ1) is 1.41. The zero-order chi connectivity index (χ0) is 2.71. The molecule has 0 aromatic carbocycles. The summed E-state index contributed by atoms with van der Waals surface area (Å²) in [4.78, 5) is 0. The van der Waals surface area contributed by atoms with Crippen molar-refractivity contribution >= 4 is 9.45 Å². The topological polar surface area (TPSA) is 0 Å². The molecule has 0 aromatic rings. The Morgan fingerprint density at radius 2 is 1.75 bits per heavy atom. The molecule has 0 aliphatic rings. The molecule has 0 saturated carbocycles. The fourth-order valence-corrected chi connectivity index (χ4v) is 0. The van der Waals surface area contributed by atoms with Crippen molar-refractivity contribution in [3.05, 3.63) is 0 Å². The van der Waals surface area contributed by atoms with Crippen molar-refractivity contribution in [3.63, 3.8) is 0 Å². The van der Waals surface area contributed by atoms with Crippen LogP contribution < -0.4 is 12.4 Å². The third kappa shape index (κ3) is 24.9. The maximum absolute atomic E-state index is 3.49. The summed E-state index contributed by atoms with van der Waals surface area (Å²) in [5, 5.41) is 0. The standard InChI is InChI=1S/C2H5.Be.ClH/c1-2;;/h1H2,2H3;;1H/q;+1;/p-1. The molecule has 4 heavy (non-hydrogen) atoms. The minimum atomic E-state index is 0. The van der Waals surface area contributed by atoms with Gasteiger partial charge in [0.1, 0.15) is 0 Å². The van der Waals surface area contributed by atoms with Gasteiger partial charge in [0.05, 0.1) is 0 Å². The molecule has 0 heterocycles. The van der Waals surface area contributed by atoms with Crippen LogP contribution >= 0.6 is 0 Å². The van der Waals surface area contributed by atoms with E-state index in [9.17, 15) is 0 Å². The monoisotopic (exact) mass is 73.0 g/mol. The van der Waals surface area contributed by atoms with Crippen LogP contribution in [0.2, 0.25) is 6.14 Å². The van der Waals surface area contributed by atoms with E-state index in [0.29, 0.717) is 0 Å². The van der Waals surface area contributed by atoms with Gasteiger partial charge < -0.3 is 12.4 Å². The molecule has 0 aliphatic carbocycles. The largest absolute Gasteiger partial charge is 1.00 e. The second-order valence-electron chi connectivity index (χ2n) is 0.500. The molecule has 0 rings (SSSR count). The number of halogens is 1. The Kier molecular flexibility index (Phi) is 21.7. The molecule has 0 unspecified atom stereocenters. The Morgan fingerprint density at radius 3 is 1.75 bits per heavy atom. The Hall–Kier alpha value is 0.459. The van der Waals surface area contributed by atoms with Gasteiger partial charge in [-0.2, -0.15) is 0 Å². The van der Waals surface area contributed by atoms with Crippen LogP contribution in [0.4, 0.5) is 0 Å². The second-order valence-corrected chi connectivity index (χ2v) is 0.500. The van der Waals surface area contributed by atoms with E-state index in [1.807, 2.05) is 6.92 Å². The number of rotatable bonds is 0. The summed E-state index contributed by atoms with van der Waals surface area (Å²) in [5.41, 5.74) is 0. The van der Waals surface area contributed by atoms with Gasteiger partial charge in [-0.1, -0.05) is 0 Å². The molecule has 0 fully saturated rings. The summed E-state index contributed by atoms with van der Waals surface area (Å²) < 4.78 is 0. The third-order valence-corrected chi connectivity index (χ3v) is 0. The summed E-state index contributed by atoms with van der Waals surface area (Å²) in [6, 6.07) is 0. The fraction of sp³-hybridized carbons (Fsp3) is 1.00. The van der Waals surface area contributed by atoms with Crippen LogP contribution in [0, 0.1) is 0 Å². The van der Waals surface area contributed by atoms with Gasteiger partial charge in [0, 0.05) is 0 Å². The molecular formula is C2H5BeCl. The molecule has 2 heteroatoms. The first-order valence-electron chi connectivity index (χ1n) is 1.21. The molecule has 0 nitrogen and oxygen atoms in total. The zero-order valence-electron chi connectivity index (χ0n) is 2.79. The zero-order valence-corrected chi connectivity index (χ0v) is 3.55. The van der Waals surface area contributed by atoms with Crippen LogP contribution in [-0.2, 0) is 0 Å². The van der Waals surface area contributed by atoms with Gasteiger partial charge in [-0.15, -0.1) is 0 Å². The van der Waals surface area contributed by atoms with Gasteiger partial charge in [-0.05, 0) is 0 Å². The maximum Gasteiger partial charge on any atom is -1.00 e. The van der Waals surface area contributed by atoms with Crippen LogP contribution in [0.3, 0.4) is 0 Å². The van der Waals surface area contributed by atoms with Crippen LogP contribution in [0.15, 0.2) is 0 Å². The average Bonchev–Trinajstić information content (AvgIpc) is 0.918. The minimum absolute atomic E-state index is 0. The molecule has 0 radical (unpaired) electrons. The van der Waals surface area contributed by atoms with Crippen LogP contribution in [0.5, 0.6) is 0 Å². The summed E-state index contributed by atoms with van der Waals surface area (Å²) in [7, 11) is 3.49. The molecule has 0 N–H and O–H groups in total. The Morgan fingerprint density at radius 1 is 1.75 bits per heavy atom. The van der Waals surface area contributed by atoms with E-state index < -0.39 is 0 Å². The smallest absolute Gasteiger partial charge is 1.00 e. The molecule has 0 spiro atoms. The summed E-state index contributed by atoms with van der Waals surface area (Å²) in [6.45, 7) is 2.01. The van der Waals surface area contributed by atoms with E-state index in [-0.39, 0.29) is 12.4 Å². The van der Waals surface area contributed by atoms with Crippen molar-refractivity contribution in [2.45, 2.75) is 13.1 Å². The first kappa shape index (κ1) is 8.82. The van der Waals surface area contributed by atoms with Gasteiger partial charge in [0.15, 0.2) is 0 Å². The molecule has 0 saturated heterocycles. The molecule has 0 atom stereocenters. The van der Waals surface area contributed by atoms with Gasteiger partial charge in [0.2, 0.25) is 0 Å². The van der Waals surface area contributed by atoms with E-state index >= 15 is 0 Å². The Balaban J connectivity index is 0.